The minimum atomic E-state index is -0.352. The van der Waals surface area contributed by atoms with Crippen molar-refractivity contribution < 1.29 is 19.1 Å². The molecule has 0 unspecified atom stereocenters. The molecule has 1 radical (unpaired) electrons. The molecule has 0 heterocycles. The highest BCUT2D eigenvalue weighted by Gasteiger charge is 2.05. The minimum absolute atomic E-state index is 0.217. The van der Waals surface area contributed by atoms with Gasteiger partial charge >= 0.3 is 11.9 Å². The molecule has 0 aliphatic heterocycles. The van der Waals surface area contributed by atoms with Crippen molar-refractivity contribution in [1.82, 2.24) is 0 Å². The number of rotatable bonds is 6. The smallest absolute Gasteiger partial charge is 0.338 e. The highest BCUT2D eigenvalue weighted by Crippen LogP contribution is 2.01. The molecule has 0 atom stereocenters. The first-order chi connectivity index (χ1) is 8.20. The number of carbonyl (C=O) groups is 2. The zero-order valence-corrected chi connectivity index (χ0v) is 9.72. The van der Waals surface area contributed by atoms with Crippen LogP contribution < -0.4 is 0 Å². The van der Waals surface area contributed by atoms with Gasteiger partial charge in [0.05, 0.1) is 18.8 Å². The van der Waals surface area contributed by atoms with E-state index in [0.29, 0.717) is 18.6 Å². The van der Waals surface area contributed by atoms with Crippen LogP contribution in [0.1, 0.15) is 23.7 Å². The van der Waals surface area contributed by atoms with Crippen molar-refractivity contribution in [2.45, 2.75) is 13.3 Å². The Morgan fingerprint density at radius 3 is 2.53 bits per heavy atom. The van der Waals surface area contributed by atoms with Crippen LogP contribution in [0.5, 0.6) is 0 Å². The zero-order chi connectivity index (χ0) is 12.5. The molecule has 0 N–H and O–H groups in total. The van der Waals surface area contributed by atoms with Crippen LogP contribution in [-0.4, -0.2) is 25.2 Å². The van der Waals surface area contributed by atoms with E-state index in [2.05, 4.69) is 0 Å². The Kier molecular flexibility index (Phi) is 5.79. The van der Waals surface area contributed by atoms with Crippen molar-refractivity contribution in [3.63, 3.8) is 0 Å². The molecule has 0 saturated heterocycles. The molecule has 4 heteroatoms. The molecular weight excluding hydrogens is 220 g/mol. The average Bonchev–Trinajstić information content (AvgIpc) is 2.34. The minimum Gasteiger partial charge on any atom is -0.466 e. The molecule has 0 aliphatic rings. The topological polar surface area (TPSA) is 52.6 Å². The Balaban J connectivity index is 2.11. The van der Waals surface area contributed by atoms with E-state index < -0.39 is 0 Å². The number of benzene rings is 1. The predicted octanol–water partition coefficient (Wildman–Crippen LogP) is 2.00. The summed E-state index contributed by atoms with van der Waals surface area (Å²) in [5.41, 5.74) is 0.529. The molecule has 1 aromatic carbocycles. The van der Waals surface area contributed by atoms with Gasteiger partial charge in [0, 0.05) is 13.3 Å². The fourth-order valence-corrected chi connectivity index (χ4v) is 1.16. The molecule has 1 rings (SSSR count). The molecule has 1 aromatic rings. The Hall–Kier alpha value is -1.84. The van der Waals surface area contributed by atoms with Crippen molar-refractivity contribution >= 4 is 11.9 Å². The fourth-order valence-electron chi connectivity index (χ4n) is 1.16. The number of esters is 2. The Morgan fingerprint density at radius 1 is 1.18 bits per heavy atom. The summed E-state index contributed by atoms with van der Waals surface area (Å²) in [4.78, 5) is 21.9. The summed E-state index contributed by atoms with van der Waals surface area (Å²) >= 11 is 0. The number of hydrogen-bond acceptors (Lipinski definition) is 4. The van der Waals surface area contributed by atoms with E-state index in [1.54, 1.807) is 30.7 Å². The van der Waals surface area contributed by atoms with Gasteiger partial charge in [-0.1, -0.05) is 18.2 Å². The standard InChI is InChI=1S/C13H15O4/c1-11(14)16-9-5-6-10-17-13(15)12-7-3-2-4-8-12/h2-4,6-8H,5,9-10H2,1H3. The highest BCUT2D eigenvalue weighted by atomic mass is 16.5. The lowest BCUT2D eigenvalue weighted by Crippen LogP contribution is -2.08. The third-order valence-electron chi connectivity index (χ3n) is 1.97. The quantitative estimate of drug-likeness (QED) is 0.559. The van der Waals surface area contributed by atoms with Gasteiger partial charge in [-0.05, 0) is 18.6 Å². The van der Waals surface area contributed by atoms with E-state index in [9.17, 15) is 9.59 Å². The van der Waals surface area contributed by atoms with Crippen LogP contribution >= 0.6 is 0 Å². The number of ether oxygens (including phenoxy) is 2. The first-order valence-corrected chi connectivity index (χ1v) is 5.37. The maximum Gasteiger partial charge on any atom is 0.338 e. The highest BCUT2D eigenvalue weighted by molar-refractivity contribution is 5.89. The van der Waals surface area contributed by atoms with Gasteiger partial charge in [-0.15, -0.1) is 0 Å². The molecule has 0 spiro atoms. The molecule has 4 nitrogen and oxygen atoms in total. The first-order valence-electron chi connectivity index (χ1n) is 5.37. The van der Waals surface area contributed by atoms with E-state index in [1.165, 1.54) is 6.92 Å². The first kappa shape index (κ1) is 13.2. The van der Waals surface area contributed by atoms with Gasteiger partial charge in [0.15, 0.2) is 0 Å². The van der Waals surface area contributed by atoms with E-state index in [4.69, 9.17) is 9.47 Å². The number of unbranched alkanes of at least 4 members (excludes halogenated alkanes) is 1. The molecule has 0 aliphatic carbocycles. The molecular formula is C13H15O4. The summed E-state index contributed by atoms with van der Waals surface area (Å²) < 4.78 is 9.72. The molecule has 0 saturated carbocycles. The van der Waals surface area contributed by atoms with Gasteiger partial charge in [-0.3, -0.25) is 4.79 Å². The van der Waals surface area contributed by atoms with Crippen molar-refractivity contribution in [1.29, 1.82) is 0 Å². The monoisotopic (exact) mass is 235 g/mol. The summed E-state index contributed by atoms with van der Waals surface area (Å²) in [6.07, 6.45) is 2.32. The molecule has 0 aromatic heterocycles. The SMILES string of the molecule is CC(=O)OCC[CH]COC(=O)c1ccccc1. The van der Waals surface area contributed by atoms with Gasteiger partial charge in [0.1, 0.15) is 0 Å². The molecule has 17 heavy (non-hydrogen) atoms. The summed E-state index contributed by atoms with van der Waals surface area (Å²) in [5.74, 6) is -0.658. The average molecular weight is 235 g/mol. The van der Waals surface area contributed by atoms with E-state index >= 15 is 0 Å². The number of carbonyl (C=O) groups excluding carboxylic acids is 2. The summed E-state index contributed by atoms with van der Waals surface area (Å²) in [6, 6.07) is 8.78. The lowest BCUT2D eigenvalue weighted by atomic mass is 10.2. The molecule has 0 bridgehead atoms. The van der Waals surface area contributed by atoms with Gasteiger partial charge in [0.2, 0.25) is 0 Å². The van der Waals surface area contributed by atoms with Crippen molar-refractivity contribution in [3.8, 4) is 0 Å². The summed E-state index contributed by atoms with van der Waals surface area (Å²) in [5, 5.41) is 0. The maximum atomic E-state index is 11.5. The van der Waals surface area contributed by atoms with Crippen LogP contribution in [0.3, 0.4) is 0 Å². The molecule has 0 amide bonds. The normalized spacial score (nSPS) is 9.71. The second-order valence-corrected chi connectivity index (χ2v) is 3.38. The van der Waals surface area contributed by atoms with E-state index in [1.807, 2.05) is 6.07 Å². The van der Waals surface area contributed by atoms with Crippen LogP contribution in [-0.2, 0) is 14.3 Å². The van der Waals surface area contributed by atoms with Gasteiger partial charge < -0.3 is 9.47 Å². The van der Waals surface area contributed by atoms with Gasteiger partial charge in [0.25, 0.3) is 0 Å². The lowest BCUT2D eigenvalue weighted by molar-refractivity contribution is -0.140. The Labute approximate surface area is 101 Å². The second kappa shape index (κ2) is 7.44. The Morgan fingerprint density at radius 2 is 1.88 bits per heavy atom. The van der Waals surface area contributed by atoms with Crippen LogP contribution in [0.4, 0.5) is 0 Å². The van der Waals surface area contributed by atoms with Crippen LogP contribution in [0.2, 0.25) is 0 Å². The van der Waals surface area contributed by atoms with E-state index in [0.717, 1.165) is 0 Å². The molecule has 0 fully saturated rings. The number of hydrogen-bond donors (Lipinski definition) is 0. The fraction of sp³-hybridized carbons (Fsp3) is 0.308. The lowest BCUT2D eigenvalue weighted by Gasteiger charge is -2.04. The van der Waals surface area contributed by atoms with Gasteiger partial charge in [-0.2, -0.15) is 0 Å². The van der Waals surface area contributed by atoms with Crippen molar-refractivity contribution in [2.75, 3.05) is 13.2 Å². The van der Waals surface area contributed by atoms with Crippen LogP contribution in [0.25, 0.3) is 0 Å². The largest absolute Gasteiger partial charge is 0.466 e. The zero-order valence-electron chi connectivity index (χ0n) is 9.72. The van der Waals surface area contributed by atoms with Crippen molar-refractivity contribution in [3.05, 3.63) is 42.3 Å². The Bertz CT molecular complexity index is 359. The third-order valence-corrected chi connectivity index (χ3v) is 1.97. The summed E-state index contributed by atoms with van der Waals surface area (Å²) in [6.45, 7) is 1.89. The summed E-state index contributed by atoms with van der Waals surface area (Å²) in [7, 11) is 0. The third kappa shape index (κ3) is 5.70. The maximum absolute atomic E-state index is 11.5. The molecule has 91 valence electrons. The predicted molar refractivity (Wildman–Crippen MR) is 62.3 cm³/mol. The second-order valence-electron chi connectivity index (χ2n) is 3.38. The van der Waals surface area contributed by atoms with Crippen molar-refractivity contribution in [2.24, 2.45) is 0 Å². The van der Waals surface area contributed by atoms with Crippen LogP contribution in [0.15, 0.2) is 30.3 Å². The van der Waals surface area contributed by atoms with Crippen LogP contribution in [0, 0.1) is 6.42 Å². The van der Waals surface area contributed by atoms with E-state index in [-0.39, 0.29) is 18.5 Å². The van der Waals surface area contributed by atoms with Gasteiger partial charge in [-0.25, -0.2) is 4.79 Å².